The summed E-state index contributed by atoms with van der Waals surface area (Å²) in [5.41, 5.74) is -0.118. The summed E-state index contributed by atoms with van der Waals surface area (Å²) in [6, 6.07) is 1.95. The van der Waals surface area contributed by atoms with E-state index in [1.165, 1.54) is 0 Å². The van der Waals surface area contributed by atoms with Crippen molar-refractivity contribution in [2.24, 2.45) is 0 Å². The Hall–Kier alpha value is -1.79. The lowest BCUT2D eigenvalue weighted by atomic mass is 10.2. The third-order valence-corrected chi connectivity index (χ3v) is 4.50. The van der Waals surface area contributed by atoms with Crippen LogP contribution in [0.5, 0.6) is 0 Å². The molecular weight excluding hydrogens is 390 g/mol. The van der Waals surface area contributed by atoms with E-state index >= 15 is 0 Å². The predicted octanol–water partition coefficient (Wildman–Crippen LogP) is 2.76. The SMILES string of the molecule is CNc1c(C#N)c(Br)nn1[C@@H]1C[C@@H](COC)N(C(=O)OC(C)(C)C)C1. The Kier molecular flexibility index (Phi) is 5.95. The molecule has 0 bridgehead atoms. The second-order valence-electron chi connectivity index (χ2n) is 6.95. The minimum Gasteiger partial charge on any atom is -0.444 e. The number of hydrogen-bond donors (Lipinski definition) is 1. The van der Waals surface area contributed by atoms with Gasteiger partial charge in [0.15, 0.2) is 0 Å². The second-order valence-corrected chi connectivity index (χ2v) is 7.70. The second kappa shape index (κ2) is 7.62. The lowest BCUT2D eigenvalue weighted by molar-refractivity contribution is 0.0145. The van der Waals surface area contributed by atoms with Gasteiger partial charge in [0, 0.05) is 20.7 Å². The number of methoxy groups -OCH3 is 1. The number of likely N-dealkylation sites (tertiary alicyclic amines) is 1. The number of rotatable bonds is 4. The monoisotopic (exact) mass is 413 g/mol. The number of carbonyl (C=O) groups excluding carboxylic acids is 1. The number of carbonyl (C=O) groups is 1. The van der Waals surface area contributed by atoms with Crippen LogP contribution in [0.15, 0.2) is 4.60 Å². The molecule has 0 saturated carbocycles. The number of nitrogens with zero attached hydrogens (tertiary/aromatic N) is 4. The number of halogens is 1. The van der Waals surface area contributed by atoms with E-state index in [1.807, 2.05) is 20.8 Å². The first-order valence-electron chi connectivity index (χ1n) is 8.06. The third-order valence-electron chi connectivity index (χ3n) is 3.94. The van der Waals surface area contributed by atoms with Gasteiger partial charge in [-0.2, -0.15) is 10.4 Å². The van der Waals surface area contributed by atoms with E-state index in [2.05, 4.69) is 32.4 Å². The highest BCUT2D eigenvalue weighted by atomic mass is 79.9. The van der Waals surface area contributed by atoms with Gasteiger partial charge in [-0.15, -0.1) is 0 Å². The van der Waals surface area contributed by atoms with Crippen molar-refractivity contribution in [1.29, 1.82) is 5.26 Å². The standard InChI is InChI=1S/C16H24BrN5O3/c1-16(2,3)25-15(23)21-8-10(6-11(21)9-24-5)22-14(19-4)12(7-18)13(17)20-22/h10-11,19H,6,8-9H2,1-5H3/t10-,11+/m1/s1. The Morgan fingerprint density at radius 3 is 2.72 bits per heavy atom. The molecule has 1 amide bonds. The average molecular weight is 414 g/mol. The zero-order chi connectivity index (χ0) is 18.8. The van der Waals surface area contributed by atoms with Crippen LogP contribution in [0.25, 0.3) is 0 Å². The van der Waals surface area contributed by atoms with Crippen molar-refractivity contribution >= 4 is 27.8 Å². The van der Waals surface area contributed by atoms with Crippen LogP contribution in [-0.2, 0) is 9.47 Å². The van der Waals surface area contributed by atoms with Crippen LogP contribution in [0, 0.1) is 11.3 Å². The molecule has 1 aliphatic heterocycles. The highest BCUT2D eigenvalue weighted by Crippen LogP contribution is 2.34. The molecule has 8 nitrogen and oxygen atoms in total. The van der Waals surface area contributed by atoms with Gasteiger partial charge in [-0.25, -0.2) is 9.48 Å². The number of amides is 1. The first-order valence-corrected chi connectivity index (χ1v) is 8.85. The lowest BCUT2D eigenvalue weighted by Crippen LogP contribution is -2.41. The fourth-order valence-corrected chi connectivity index (χ4v) is 3.42. The molecule has 9 heteroatoms. The van der Waals surface area contributed by atoms with Gasteiger partial charge in [-0.3, -0.25) is 0 Å². The number of ether oxygens (including phenoxy) is 2. The van der Waals surface area contributed by atoms with Crippen molar-refractivity contribution in [1.82, 2.24) is 14.7 Å². The molecule has 1 aliphatic rings. The van der Waals surface area contributed by atoms with Gasteiger partial charge < -0.3 is 19.7 Å². The zero-order valence-corrected chi connectivity index (χ0v) is 16.8. The Bertz CT molecular complexity index is 677. The molecule has 1 aromatic rings. The van der Waals surface area contributed by atoms with Crippen LogP contribution in [0.3, 0.4) is 0 Å². The van der Waals surface area contributed by atoms with Gasteiger partial charge in [0.25, 0.3) is 0 Å². The van der Waals surface area contributed by atoms with Gasteiger partial charge in [0.05, 0.1) is 18.7 Å². The molecule has 2 atom stereocenters. The van der Waals surface area contributed by atoms with Gasteiger partial charge in [0.2, 0.25) is 0 Å². The molecule has 0 unspecified atom stereocenters. The van der Waals surface area contributed by atoms with E-state index in [0.29, 0.717) is 35.6 Å². The first kappa shape index (κ1) is 19.5. The van der Waals surface area contributed by atoms with Gasteiger partial charge in [-0.1, -0.05) is 0 Å². The highest BCUT2D eigenvalue weighted by Gasteiger charge is 2.40. The van der Waals surface area contributed by atoms with Crippen molar-refractivity contribution in [3.05, 3.63) is 10.2 Å². The van der Waals surface area contributed by atoms with E-state index < -0.39 is 5.60 Å². The van der Waals surface area contributed by atoms with E-state index in [0.717, 1.165) is 0 Å². The van der Waals surface area contributed by atoms with Crippen molar-refractivity contribution in [3.63, 3.8) is 0 Å². The quantitative estimate of drug-likeness (QED) is 0.815. The van der Waals surface area contributed by atoms with Crippen LogP contribution in [0.2, 0.25) is 0 Å². The molecule has 25 heavy (non-hydrogen) atoms. The van der Waals surface area contributed by atoms with Crippen molar-refractivity contribution in [2.45, 2.75) is 44.9 Å². The number of nitriles is 1. The topological polar surface area (TPSA) is 92.4 Å². The average Bonchev–Trinajstić information content (AvgIpc) is 3.06. The van der Waals surface area contributed by atoms with Gasteiger partial charge in [0.1, 0.15) is 27.7 Å². The smallest absolute Gasteiger partial charge is 0.410 e. The van der Waals surface area contributed by atoms with Crippen LogP contribution in [0.1, 0.15) is 38.8 Å². The molecule has 0 aliphatic carbocycles. The van der Waals surface area contributed by atoms with Crippen LogP contribution in [0.4, 0.5) is 10.6 Å². The summed E-state index contributed by atoms with van der Waals surface area (Å²) in [5, 5.41) is 16.8. The molecule has 2 rings (SSSR count). The fourth-order valence-electron chi connectivity index (χ4n) is 2.97. The van der Waals surface area contributed by atoms with Crippen molar-refractivity contribution < 1.29 is 14.3 Å². The molecule has 0 aromatic carbocycles. The van der Waals surface area contributed by atoms with Crippen molar-refractivity contribution in [3.8, 4) is 6.07 Å². The minimum atomic E-state index is -0.564. The molecule has 0 spiro atoms. The maximum Gasteiger partial charge on any atom is 0.410 e. The fraction of sp³-hybridized carbons (Fsp3) is 0.688. The van der Waals surface area contributed by atoms with E-state index in [1.54, 1.807) is 23.7 Å². The molecule has 1 saturated heterocycles. The Morgan fingerprint density at radius 2 is 2.20 bits per heavy atom. The van der Waals surface area contributed by atoms with E-state index in [4.69, 9.17) is 9.47 Å². The molecule has 2 heterocycles. The summed E-state index contributed by atoms with van der Waals surface area (Å²) in [7, 11) is 3.35. The minimum absolute atomic E-state index is 0.0754. The largest absolute Gasteiger partial charge is 0.444 e. The maximum absolute atomic E-state index is 12.5. The molecule has 1 fully saturated rings. The summed E-state index contributed by atoms with van der Waals surface area (Å²) >= 11 is 3.32. The molecule has 138 valence electrons. The summed E-state index contributed by atoms with van der Waals surface area (Å²) in [6.07, 6.45) is 0.301. The maximum atomic E-state index is 12.5. The van der Waals surface area contributed by atoms with E-state index in [9.17, 15) is 10.1 Å². The molecule has 0 radical (unpaired) electrons. The normalized spacial score (nSPS) is 20.4. The molecular formula is C16H24BrN5O3. The number of nitrogens with one attached hydrogen (secondary N) is 1. The summed E-state index contributed by atoms with van der Waals surface area (Å²) < 4.78 is 13.0. The summed E-state index contributed by atoms with van der Waals surface area (Å²) in [5.74, 6) is 0.626. The van der Waals surface area contributed by atoms with Gasteiger partial charge >= 0.3 is 6.09 Å². The van der Waals surface area contributed by atoms with Crippen LogP contribution in [-0.4, -0.2) is 59.7 Å². The zero-order valence-electron chi connectivity index (χ0n) is 15.2. The van der Waals surface area contributed by atoms with Crippen LogP contribution < -0.4 is 5.32 Å². The third kappa shape index (κ3) is 4.25. The molecule has 1 N–H and O–H groups in total. The van der Waals surface area contributed by atoms with Gasteiger partial charge in [-0.05, 0) is 43.1 Å². The Labute approximate surface area is 156 Å². The number of aromatic nitrogens is 2. The predicted molar refractivity (Wildman–Crippen MR) is 96.4 cm³/mol. The summed E-state index contributed by atoms with van der Waals surface area (Å²) in [4.78, 5) is 14.2. The Balaban J connectivity index is 2.28. The lowest BCUT2D eigenvalue weighted by Gasteiger charge is -2.28. The van der Waals surface area contributed by atoms with Crippen LogP contribution >= 0.6 is 15.9 Å². The Morgan fingerprint density at radius 1 is 1.52 bits per heavy atom. The number of anilines is 1. The number of hydrogen-bond acceptors (Lipinski definition) is 6. The highest BCUT2D eigenvalue weighted by molar-refractivity contribution is 9.10. The van der Waals surface area contributed by atoms with E-state index in [-0.39, 0.29) is 18.2 Å². The molecule has 1 aromatic heterocycles. The van der Waals surface area contributed by atoms with Crippen molar-refractivity contribution in [2.75, 3.05) is 32.6 Å². The summed E-state index contributed by atoms with van der Waals surface area (Å²) in [6.45, 7) is 6.38. The first-order chi connectivity index (χ1) is 11.7.